The number of carboxylic acid groups (broad SMARTS) is 1. The maximum absolute atomic E-state index is 12.8. The molecule has 2 heterocycles. The summed E-state index contributed by atoms with van der Waals surface area (Å²) in [6.07, 6.45) is 9.31. The Labute approximate surface area is 143 Å². The van der Waals surface area contributed by atoms with Gasteiger partial charge in [0.2, 0.25) is 11.8 Å². The number of carbonyl (C=O) groups excluding carboxylic acids is 2. The highest BCUT2D eigenvalue weighted by molar-refractivity contribution is 5.91. The lowest BCUT2D eigenvalue weighted by atomic mass is 9.98. The Morgan fingerprint density at radius 1 is 0.958 bits per heavy atom. The zero-order chi connectivity index (χ0) is 17.1. The summed E-state index contributed by atoms with van der Waals surface area (Å²) in [6, 6.07) is -0.442. The van der Waals surface area contributed by atoms with Crippen LogP contribution in [0.2, 0.25) is 0 Å². The average Bonchev–Trinajstić information content (AvgIpc) is 2.80. The van der Waals surface area contributed by atoms with E-state index in [0.29, 0.717) is 19.5 Å². The van der Waals surface area contributed by atoms with Crippen LogP contribution in [0.1, 0.15) is 64.2 Å². The van der Waals surface area contributed by atoms with E-state index in [9.17, 15) is 19.5 Å². The van der Waals surface area contributed by atoms with E-state index in [1.807, 2.05) is 4.90 Å². The molecule has 1 saturated carbocycles. The Hall–Kier alpha value is -1.59. The van der Waals surface area contributed by atoms with Crippen molar-refractivity contribution in [1.82, 2.24) is 9.80 Å². The van der Waals surface area contributed by atoms with Crippen LogP contribution < -0.4 is 0 Å². The normalized spacial score (nSPS) is 29.6. The van der Waals surface area contributed by atoms with Crippen LogP contribution in [0.25, 0.3) is 0 Å². The standard InChI is InChI=1S/C18H28N2O4/c21-16-11-13(12-20(16)14-7-3-1-2-4-8-14)17(22)19-10-6-5-9-15(19)18(23)24/h13-15H,1-12H2,(H,23,24)/t13-,15+/m1/s1. The van der Waals surface area contributed by atoms with E-state index in [1.165, 1.54) is 17.7 Å². The maximum atomic E-state index is 12.8. The molecule has 24 heavy (non-hydrogen) atoms. The van der Waals surface area contributed by atoms with Crippen molar-refractivity contribution in [2.45, 2.75) is 76.3 Å². The molecule has 3 fully saturated rings. The third-order valence-electron chi connectivity index (χ3n) is 5.84. The van der Waals surface area contributed by atoms with Gasteiger partial charge in [-0.2, -0.15) is 0 Å². The molecule has 2 atom stereocenters. The van der Waals surface area contributed by atoms with E-state index in [2.05, 4.69) is 0 Å². The summed E-state index contributed by atoms with van der Waals surface area (Å²) in [5.74, 6) is -1.34. The van der Waals surface area contributed by atoms with E-state index in [0.717, 1.165) is 38.5 Å². The van der Waals surface area contributed by atoms with Gasteiger partial charge in [0.25, 0.3) is 0 Å². The lowest BCUT2D eigenvalue weighted by molar-refractivity contribution is -0.153. The largest absolute Gasteiger partial charge is 0.480 e. The van der Waals surface area contributed by atoms with Gasteiger partial charge in [-0.1, -0.05) is 25.7 Å². The van der Waals surface area contributed by atoms with Gasteiger partial charge in [-0.25, -0.2) is 4.79 Å². The summed E-state index contributed by atoms with van der Waals surface area (Å²) in [4.78, 5) is 40.1. The number of rotatable bonds is 3. The average molecular weight is 336 g/mol. The van der Waals surface area contributed by atoms with Gasteiger partial charge in [-0.05, 0) is 32.1 Å². The molecule has 0 aromatic rings. The van der Waals surface area contributed by atoms with Gasteiger partial charge in [0.05, 0.1) is 5.92 Å². The molecule has 2 amide bonds. The van der Waals surface area contributed by atoms with Crippen molar-refractivity contribution in [3.63, 3.8) is 0 Å². The first-order valence-electron chi connectivity index (χ1n) is 9.40. The highest BCUT2D eigenvalue weighted by atomic mass is 16.4. The Kier molecular flexibility index (Phi) is 5.41. The topological polar surface area (TPSA) is 77.9 Å². The van der Waals surface area contributed by atoms with E-state index < -0.39 is 12.0 Å². The molecule has 0 radical (unpaired) electrons. The Bertz CT molecular complexity index is 499. The van der Waals surface area contributed by atoms with Gasteiger partial charge in [0.15, 0.2) is 0 Å². The van der Waals surface area contributed by atoms with Crippen molar-refractivity contribution in [2.75, 3.05) is 13.1 Å². The van der Waals surface area contributed by atoms with Crippen LogP contribution in [0.15, 0.2) is 0 Å². The van der Waals surface area contributed by atoms with Crippen LogP contribution in [0, 0.1) is 5.92 Å². The predicted molar refractivity (Wildman–Crippen MR) is 88.3 cm³/mol. The van der Waals surface area contributed by atoms with Gasteiger partial charge in [0.1, 0.15) is 6.04 Å². The van der Waals surface area contributed by atoms with Crippen LogP contribution in [-0.4, -0.2) is 57.9 Å². The van der Waals surface area contributed by atoms with Gasteiger partial charge in [-0.3, -0.25) is 9.59 Å². The minimum Gasteiger partial charge on any atom is -0.480 e. The van der Waals surface area contributed by atoms with Crippen LogP contribution in [0.5, 0.6) is 0 Å². The van der Waals surface area contributed by atoms with Crippen LogP contribution >= 0.6 is 0 Å². The Morgan fingerprint density at radius 2 is 1.62 bits per heavy atom. The fourth-order valence-electron chi connectivity index (χ4n) is 4.51. The third-order valence-corrected chi connectivity index (χ3v) is 5.84. The smallest absolute Gasteiger partial charge is 0.326 e. The first-order valence-corrected chi connectivity index (χ1v) is 9.40. The first-order chi connectivity index (χ1) is 11.6. The van der Waals surface area contributed by atoms with Crippen LogP contribution in [-0.2, 0) is 14.4 Å². The third kappa shape index (κ3) is 3.57. The molecule has 0 spiro atoms. The van der Waals surface area contributed by atoms with Crippen molar-refractivity contribution in [2.24, 2.45) is 5.92 Å². The number of carbonyl (C=O) groups is 3. The number of piperidine rings is 1. The Morgan fingerprint density at radius 3 is 2.29 bits per heavy atom. The van der Waals surface area contributed by atoms with Crippen LogP contribution in [0.4, 0.5) is 0 Å². The molecule has 6 nitrogen and oxygen atoms in total. The zero-order valence-corrected chi connectivity index (χ0v) is 14.3. The molecule has 0 unspecified atom stereocenters. The second-order valence-electron chi connectivity index (χ2n) is 7.47. The number of hydrogen-bond acceptors (Lipinski definition) is 3. The van der Waals surface area contributed by atoms with Crippen LogP contribution in [0.3, 0.4) is 0 Å². The number of aliphatic carboxylic acids is 1. The Balaban J connectivity index is 1.65. The number of carboxylic acids is 1. The first kappa shape index (κ1) is 17.2. The number of hydrogen-bond donors (Lipinski definition) is 1. The minimum atomic E-state index is -0.923. The van der Waals surface area contributed by atoms with E-state index in [1.54, 1.807) is 0 Å². The molecule has 6 heteroatoms. The molecule has 0 bridgehead atoms. The molecule has 3 aliphatic rings. The van der Waals surface area contributed by atoms with Gasteiger partial charge >= 0.3 is 5.97 Å². The van der Waals surface area contributed by atoms with Gasteiger partial charge in [-0.15, -0.1) is 0 Å². The SMILES string of the molecule is O=C(O)[C@@H]1CCCCN1C(=O)[C@@H]1CC(=O)N(C2CCCCCC2)C1. The summed E-state index contributed by atoms with van der Waals surface area (Å²) in [6.45, 7) is 0.981. The molecular weight excluding hydrogens is 308 g/mol. The summed E-state index contributed by atoms with van der Waals surface area (Å²) in [7, 11) is 0. The summed E-state index contributed by atoms with van der Waals surface area (Å²) < 4.78 is 0. The molecule has 2 aliphatic heterocycles. The summed E-state index contributed by atoms with van der Waals surface area (Å²) >= 11 is 0. The molecule has 0 aromatic heterocycles. The van der Waals surface area contributed by atoms with E-state index in [4.69, 9.17) is 0 Å². The second-order valence-corrected chi connectivity index (χ2v) is 7.47. The summed E-state index contributed by atoms with van der Waals surface area (Å²) in [5, 5.41) is 9.37. The highest BCUT2D eigenvalue weighted by Crippen LogP contribution is 2.30. The van der Waals surface area contributed by atoms with Gasteiger partial charge in [0, 0.05) is 25.6 Å². The van der Waals surface area contributed by atoms with Crippen molar-refractivity contribution < 1.29 is 19.5 Å². The van der Waals surface area contributed by atoms with Gasteiger partial charge < -0.3 is 14.9 Å². The van der Waals surface area contributed by atoms with Crippen molar-refractivity contribution in [3.8, 4) is 0 Å². The molecule has 3 rings (SSSR count). The highest BCUT2D eigenvalue weighted by Gasteiger charge is 2.42. The molecule has 1 N–H and O–H groups in total. The number of nitrogens with zero attached hydrogens (tertiary/aromatic N) is 2. The monoisotopic (exact) mass is 336 g/mol. The zero-order valence-electron chi connectivity index (χ0n) is 14.3. The number of likely N-dealkylation sites (tertiary alicyclic amines) is 2. The van der Waals surface area contributed by atoms with E-state index in [-0.39, 0.29) is 30.2 Å². The lowest BCUT2D eigenvalue weighted by Gasteiger charge is -2.35. The second kappa shape index (κ2) is 7.53. The van der Waals surface area contributed by atoms with E-state index >= 15 is 0 Å². The molecule has 2 saturated heterocycles. The quantitative estimate of drug-likeness (QED) is 0.800. The fourth-order valence-corrected chi connectivity index (χ4v) is 4.51. The lowest BCUT2D eigenvalue weighted by Crippen LogP contribution is -2.50. The molecule has 0 aromatic carbocycles. The fraction of sp³-hybridized carbons (Fsp3) is 0.833. The summed E-state index contributed by atoms with van der Waals surface area (Å²) in [5.41, 5.74) is 0. The molecule has 134 valence electrons. The molecular formula is C18H28N2O4. The maximum Gasteiger partial charge on any atom is 0.326 e. The minimum absolute atomic E-state index is 0.0733. The predicted octanol–water partition coefficient (Wildman–Crippen LogP) is 2.02. The van der Waals surface area contributed by atoms with Crippen molar-refractivity contribution in [1.29, 1.82) is 0 Å². The van der Waals surface area contributed by atoms with Crippen molar-refractivity contribution in [3.05, 3.63) is 0 Å². The number of amides is 2. The van der Waals surface area contributed by atoms with Crippen molar-refractivity contribution >= 4 is 17.8 Å². The molecule has 1 aliphatic carbocycles.